The highest BCUT2D eigenvalue weighted by Gasteiger charge is 2.11. The van der Waals surface area contributed by atoms with Gasteiger partial charge in [0.25, 0.3) is 0 Å². The lowest BCUT2D eigenvalue weighted by Gasteiger charge is -2.14. The molecule has 0 bridgehead atoms. The van der Waals surface area contributed by atoms with Crippen LogP contribution in [0.5, 0.6) is 5.75 Å². The summed E-state index contributed by atoms with van der Waals surface area (Å²) in [6.07, 6.45) is 0. The first-order valence-corrected chi connectivity index (χ1v) is 7.23. The van der Waals surface area contributed by atoms with Gasteiger partial charge in [-0.25, -0.2) is 0 Å². The van der Waals surface area contributed by atoms with E-state index in [2.05, 4.69) is 43.6 Å². The Morgan fingerprint density at radius 1 is 1.30 bits per heavy atom. The van der Waals surface area contributed by atoms with Crippen LogP contribution in [0.15, 0.2) is 16.6 Å². The number of aryl methyl sites for hydroxylation is 2. The molecule has 0 aliphatic rings. The predicted molar refractivity (Wildman–Crippen MR) is 81.7 cm³/mol. The molecule has 1 N–H and O–H groups in total. The van der Waals surface area contributed by atoms with Gasteiger partial charge in [-0.3, -0.25) is 0 Å². The van der Waals surface area contributed by atoms with Crippen molar-refractivity contribution in [3.8, 4) is 5.75 Å². The lowest BCUT2D eigenvalue weighted by molar-refractivity contribution is 0.285. The van der Waals surface area contributed by atoms with Gasteiger partial charge in [-0.05, 0) is 38.6 Å². The molecule has 20 heavy (non-hydrogen) atoms. The van der Waals surface area contributed by atoms with Gasteiger partial charge in [0.1, 0.15) is 18.2 Å². The second-order valence-corrected chi connectivity index (χ2v) is 5.67. The Morgan fingerprint density at radius 3 is 2.65 bits per heavy atom. The molecular weight excluding hydrogens is 320 g/mol. The van der Waals surface area contributed by atoms with Crippen molar-refractivity contribution in [1.82, 2.24) is 20.1 Å². The fourth-order valence-corrected chi connectivity index (χ4v) is 2.66. The van der Waals surface area contributed by atoms with E-state index in [1.165, 1.54) is 0 Å². The van der Waals surface area contributed by atoms with Crippen LogP contribution >= 0.6 is 15.9 Å². The Balaban J connectivity index is 2.22. The molecule has 0 fully saturated rings. The highest BCUT2D eigenvalue weighted by molar-refractivity contribution is 9.10. The van der Waals surface area contributed by atoms with Crippen LogP contribution < -0.4 is 10.1 Å². The van der Waals surface area contributed by atoms with E-state index >= 15 is 0 Å². The molecule has 6 heteroatoms. The zero-order valence-electron chi connectivity index (χ0n) is 12.2. The molecule has 0 unspecified atom stereocenters. The van der Waals surface area contributed by atoms with Gasteiger partial charge in [-0.1, -0.05) is 15.9 Å². The van der Waals surface area contributed by atoms with E-state index in [1.807, 2.05) is 32.5 Å². The number of nitrogens with one attached hydrogen (secondary N) is 1. The van der Waals surface area contributed by atoms with E-state index in [1.54, 1.807) is 0 Å². The van der Waals surface area contributed by atoms with E-state index in [0.29, 0.717) is 6.61 Å². The van der Waals surface area contributed by atoms with Crippen LogP contribution in [-0.2, 0) is 20.2 Å². The standard InChI is InChI=1S/C14H19BrN4O/c1-9-5-12(15)6-11(7-16-3)14(9)20-8-13-18-17-10(2)19(13)4/h5-6,16H,7-8H2,1-4H3. The third-order valence-electron chi connectivity index (χ3n) is 3.21. The van der Waals surface area contributed by atoms with E-state index in [-0.39, 0.29) is 0 Å². The van der Waals surface area contributed by atoms with Crippen LogP contribution in [0.1, 0.15) is 22.8 Å². The van der Waals surface area contributed by atoms with Crippen molar-refractivity contribution in [2.24, 2.45) is 7.05 Å². The summed E-state index contributed by atoms with van der Waals surface area (Å²) in [6, 6.07) is 4.12. The summed E-state index contributed by atoms with van der Waals surface area (Å²) in [5.74, 6) is 2.61. The number of halogens is 1. The van der Waals surface area contributed by atoms with Crippen LogP contribution in [0.2, 0.25) is 0 Å². The second kappa shape index (κ2) is 6.37. The topological polar surface area (TPSA) is 52.0 Å². The molecule has 0 saturated heterocycles. The predicted octanol–water partition coefficient (Wildman–Crippen LogP) is 2.49. The summed E-state index contributed by atoms with van der Waals surface area (Å²) >= 11 is 3.52. The molecule has 1 heterocycles. The summed E-state index contributed by atoms with van der Waals surface area (Å²) in [5.41, 5.74) is 2.22. The lowest BCUT2D eigenvalue weighted by atomic mass is 10.1. The average molecular weight is 339 g/mol. The van der Waals surface area contributed by atoms with Gasteiger partial charge in [-0.2, -0.15) is 0 Å². The number of nitrogens with zero attached hydrogens (tertiary/aromatic N) is 3. The van der Waals surface area contributed by atoms with Crippen molar-refractivity contribution in [2.75, 3.05) is 7.05 Å². The van der Waals surface area contributed by atoms with Crippen LogP contribution in [0, 0.1) is 13.8 Å². The van der Waals surface area contributed by atoms with Crippen molar-refractivity contribution in [3.63, 3.8) is 0 Å². The Labute approximate surface area is 127 Å². The lowest BCUT2D eigenvalue weighted by Crippen LogP contribution is -2.10. The Morgan fingerprint density at radius 2 is 2.05 bits per heavy atom. The maximum Gasteiger partial charge on any atom is 0.170 e. The van der Waals surface area contributed by atoms with Crippen LogP contribution in [0.25, 0.3) is 0 Å². The number of hydrogen-bond donors (Lipinski definition) is 1. The minimum Gasteiger partial charge on any atom is -0.485 e. The largest absolute Gasteiger partial charge is 0.485 e. The third kappa shape index (κ3) is 3.19. The Bertz CT molecular complexity index is 609. The Kier molecular flexibility index (Phi) is 4.77. The number of benzene rings is 1. The number of hydrogen-bond acceptors (Lipinski definition) is 4. The molecule has 1 aromatic carbocycles. The molecule has 1 aromatic heterocycles. The zero-order valence-corrected chi connectivity index (χ0v) is 13.8. The van der Waals surface area contributed by atoms with Crippen molar-refractivity contribution in [2.45, 2.75) is 27.0 Å². The monoisotopic (exact) mass is 338 g/mol. The SMILES string of the molecule is CNCc1cc(Br)cc(C)c1OCc1nnc(C)n1C. The molecule has 0 aliphatic carbocycles. The summed E-state index contributed by atoms with van der Waals surface area (Å²) in [4.78, 5) is 0. The quantitative estimate of drug-likeness (QED) is 0.909. The first-order valence-electron chi connectivity index (χ1n) is 6.44. The van der Waals surface area contributed by atoms with Crippen molar-refractivity contribution in [1.29, 1.82) is 0 Å². The molecule has 2 aromatic rings. The van der Waals surface area contributed by atoms with E-state index in [0.717, 1.165) is 39.5 Å². The van der Waals surface area contributed by atoms with Gasteiger partial charge in [0.2, 0.25) is 0 Å². The van der Waals surface area contributed by atoms with Gasteiger partial charge < -0.3 is 14.6 Å². The molecule has 0 aliphatic heterocycles. The molecule has 108 valence electrons. The summed E-state index contributed by atoms with van der Waals surface area (Å²) < 4.78 is 8.97. The number of aromatic nitrogens is 3. The van der Waals surface area contributed by atoms with Gasteiger partial charge in [0.05, 0.1) is 0 Å². The fraction of sp³-hybridized carbons (Fsp3) is 0.429. The molecule has 0 saturated carbocycles. The maximum absolute atomic E-state index is 5.97. The van der Waals surface area contributed by atoms with Crippen molar-refractivity contribution in [3.05, 3.63) is 39.4 Å². The first kappa shape index (κ1) is 15.0. The molecule has 0 amide bonds. The van der Waals surface area contributed by atoms with E-state index < -0.39 is 0 Å². The smallest absolute Gasteiger partial charge is 0.170 e. The second-order valence-electron chi connectivity index (χ2n) is 4.75. The van der Waals surface area contributed by atoms with Crippen molar-refractivity contribution >= 4 is 15.9 Å². The van der Waals surface area contributed by atoms with Crippen LogP contribution in [0.3, 0.4) is 0 Å². The van der Waals surface area contributed by atoms with E-state index in [4.69, 9.17) is 4.74 Å². The Hall–Kier alpha value is -1.40. The summed E-state index contributed by atoms with van der Waals surface area (Å²) in [5, 5.41) is 11.3. The van der Waals surface area contributed by atoms with Gasteiger partial charge in [0.15, 0.2) is 5.82 Å². The minimum absolute atomic E-state index is 0.413. The van der Waals surface area contributed by atoms with E-state index in [9.17, 15) is 0 Å². The van der Waals surface area contributed by atoms with Gasteiger partial charge >= 0.3 is 0 Å². The zero-order chi connectivity index (χ0) is 14.7. The average Bonchev–Trinajstić information content (AvgIpc) is 2.69. The molecule has 0 spiro atoms. The number of ether oxygens (including phenoxy) is 1. The van der Waals surface area contributed by atoms with Crippen molar-refractivity contribution < 1.29 is 4.74 Å². The third-order valence-corrected chi connectivity index (χ3v) is 3.67. The molecule has 0 atom stereocenters. The maximum atomic E-state index is 5.97. The summed E-state index contributed by atoms with van der Waals surface area (Å²) in [6.45, 7) is 5.14. The molecule has 0 radical (unpaired) electrons. The highest BCUT2D eigenvalue weighted by Crippen LogP contribution is 2.28. The van der Waals surface area contributed by atoms with Gasteiger partial charge in [0, 0.05) is 23.6 Å². The minimum atomic E-state index is 0.413. The van der Waals surface area contributed by atoms with Gasteiger partial charge in [-0.15, -0.1) is 10.2 Å². The molecular formula is C14H19BrN4O. The first-order chi connectivity index (χ1) is 9.52. The number of rotatable bonds is 5. The van der Waals surface area contributed by atoms with Crippen LogP contribution in [-0.4, -0.2) is 21.8 Å². The normalized spacial score (nSPS) is 10.8. The molecule has 2 rings (SSSR count). The van der Waals surface area contributed by atoms with Crippen LogP contribution in [0.4, 0.5) is 0 Å². The highest BCUT2D eigenvalue weighted by atomic mass is 79.9. The fourth-order valence-electron chi connectivity index (χ4n) is 2.04. The molecule has 5 nitrogen and oxygen atoms in total. The summed E-state index contributed by atoms with van der Waals surface area (Å²) in [7, 11) is 3.86.